The second kappa shape index (κ2) is 16.1. The van der Waals surface area contributed by atoms with Crippen LogP contribution in [-0.2, 0) is 14.4 Å². The van der Waals surface area contributed by atoms with E-state index in [-0.39, 0.29) is 37.7 Å². The van der Waals surface area contributed by atoms with Gasteiger partial charge in [0.15, 0.2) is 0 Å². The minimum absolute atomic E-state index is 0. The van der Waals surface area contributed by atoms with Gasteiger partial charge in [0.1, 0.15) is 6.10 Å². The quantitative estimate of drug-likeness (QED) is 0.461. The molecule has 0 aliphatic carbocycles. The van der Waals surface area contributed by atoms with Gasteiger partial charge >= 0.3 is 43.7 Å². The predicted octanol–water partition coefficient (Wildman–Crippen LogP) is -3.42. The van der Waals surface area contributed by atoms with Crippen molar-refractivity contribution in [3.8, 4) is 0 Å². The maximum atomic E-state index is 9.45. The standard InChI is InChI=1S/C3H6O3.2C2H4O2.Ca/c1-2(4)3(5)6;2*1-2(3)4;/h2,4H,1H3,(H,5,6);2*1H3,(H,3,4);/q;;;+2/p-2. The average Bonchev–Trinajstić information content (AvgIpc) is 1.83. The summed E-state index contributed by atoms with van der Waals surface area (Å²) in [6, 6.07) is 0. The zero-order valence-electron chi connectivity index (χ0n) is 8.72. The van der Waals surface area contributed by atoms with Gasteiger partial charge < -0.3 is 30.0 Å². The van der Waals surface area contributed by atoms with Crippen LogP contribution in [-0.4, -0.2) is 72.0 Å². The fourth-order valence-electron chi connectivity index (χ4n) is 0. The Balaban J connectivity index is -0.0000000606. The van der Waals surface area contributed by atoms with Gasteiger partial charge in [-0.15, -0.1) is 0 Å². The summed E-state index contributed by atoms with van der Waals surface area (Å²) in [5, 5.41) is 33.5. The molecule has 2 N–H and O–H groups in total. The van der Waals surface area contributed by atoms with E-state index < -0.39 is 24.0 Å². The van der Waals surface area contributed by atoms with Crippen molar-refractivity contribution in [2.45, 2.75) is 26.9 Å². The van der Waals surface area contributed by atoms with E-state index in [1.165, 1.54) is 6.92 Å². The van der Waals surface area contributed by atoms with Gasteiger partial charge in [-0.1, -0.05) is 0 Å². The monoisotopic (exact) mass is 248 g/mol. The number of hydrogen-bond donors (Lipinski definition) is 2. The Bertz CT molecular complexity index is 170. The molecule has 15 heavy (non-hydrogen) atoms. The maximum absolute atomic E-state index is 9.45. The Morgan fingerprint density at radius 3 is 1.13 bits per heavy atom. The summed E-state index contributed by atoms with van der Waals surface area (Å²) in [6.45, 7) is 3.14. The Morgan fingerprint density at radius 1 is 1.07 bits per heavy atom. The van der Waals surface area contributed by atoms with Gasteiger partial charge in [-0.05, 0) is 20.8 Å². The molecule has 0 aliphatic heterocycles. The molecule has 0 heterocycles. The molecular weight excluding hydrogens is 236 g/mol. The number of aliphatic hydroxyl groups excluding tert-OH is 1. The molecule has 84 valence electrons. The van der Waals surface area contributed by atoms with Gasteiger partial charge in [0.25, 0.3) is 0 Å². The molecule has 0 saturated carbocycles. The van der Waals surface area contributed by atoms with Crippen LogP contribution in [0.2, 0.25) is 0 Å². The smallest absolute Gasteiger partial charge is 0.550 e. The van der Waals surface area contributed by atoms with Crippen LogP contribution in [0, 0.1) is 0 Å². The van der Waals surface area contributed by atoms with E-state index in [1.54, 1.807) is 0 Å². The van der Waals surface area contributed by atoms with Crippen molar-refractivity contribution >= 4 is 55.6 Å². The Hall–Kier alpha value is -0.370. The van der Waals surface area contributed by atoms with E-state index in [9.17, 15) is 4.79 Å². The molecule has 0 bridgehead atoms. The molecule has 0 radical (unpaired) electrons. The van der Waals surface area contributed by atoms with Gasteiger partial charge in [0, 0.05) is 11.9 Å². The molecule has 0 aromatic carbocycles. The van der Waals surface area contributed by atoms with Crippen molar-refractivity contribution < 1.29 is 34.8 Å². The molecule has 0 aromatic rings. The van der Waals surface area contributed by atoms with Crippen LogP contribution in [0.25, 0.3) is 0 Å². The molecule has 0 amide bonds. The Kier molecular flexibility index (Phi) is 25.8. The molecule has 0 fully saturated rings. The first-order valence-electron chi connectivity index (χ1n) is 3.37. The molecule has 0 saturated heterocycles. The molecule has 7 nitrogen and oxygen atoms in total. The third-order valence-electron chi connectivity index (χ3n) is 0.357. The van der Waals surface area contributed by atoms with Crippen molar-refractivity contribution in [3.63, 3.8) is 0 Å². The van der Waals surface area contributed by atoms with Crippen LogP contribution >= 0.6 is 0 Å². The summed E-state index contributed by atoms with van der Waals surface area (Å²) in [5.41, 5.74) is 0. The summed E-state index contributed by atoms with van der Waals surface area (Å²) in [5.74, 6) is -3.35. The van der Waals surface area contributed by atoms with E-state index in [1.807, 2.05) is 0 Å². The second-order valence-corrected chi connectivity index (χ2v) is 2.00. The van der Waals surface area contributed by atoms with Gasteiger partial charge in [0.2, 0.25) is 0 Å². The molecule has 1 unspecified atom stereocenters. The number of hydrogen-bond acceptors (Lipinski definition) is 6. The zero-order chi connectivity index (χ0) is 12.3. The predicted molar refractivity (Wildman–Crippen MR) is 46.4 cm³/mol. The summed E-state index contributed by atoms with van der Waals surface area (Å²) in [4.78, 5) is 27.2. The van der Waals surface area contributed by atoms with Gasteiger partial charge in [0.05, 0.1) is 0 Å². The maximum Gasteiger partial charge on any atom is 2.00 e. The van der Waals surface area contributed by atoms with Crippen LogP contribution in [0.15, 0.2) is 0 Å². The molecule has 1 atom stereocenters. The zero-order valence-corrected chi connectivity index (χ0v) is 10.9. The fraction of sp³-hybridized carbons (Fsp3) is 0.571. The number of rotatable bonds is 1. The van der Waals surface area contributed by atoms with Gasteiger partial charge in [-0.2, -0.15) is 0 Å². The summed E-state index contributed by atoms with van der Waals surface area (Å²) in [6.07, 6.45) is -1.23. The average molecular weight is 248 g/mol. The third kappa shape index (κ3) is 140. The van der Waals surface area contributed by atoms with E-state index in [2.05, 4.69) is 0 Å². The number of carbonyl (C=O) groups is 3. The van der Waals surface area contributed by atoms with Crippen molar-refractivity contribution in [2.24, 2.45) is 0 Å². The molecule has 8 heteroatoms. The van der Waals surface area contributed by atoms with Crippen LogP contribution in [0.3, 0.4) is 0 Å². The number of aliphatic carboxylic acids is 3. The van der Waals surface area contributed by atoms with Crippen LogP contribution in [0.4, 0.5) is 0 Å². The minimum atomic E-state index is -1.23. The van der Waals surface area contributed by atoms with Crippen molar-refractivity contribution in [2.75, 3.05) is 0 Å². The molecule has 0 rings (SSSR count). The first-order chi connectivity index (χ1) is 6.11. The van der Waals surface area contributed by atoms with E-state index in [0.717, 1.165) is 13.8 Å². The SMILES string of the molecule is CC(=O)[O-].CC(=O)[O-].CC(O)C(=O)O.[Ca+2]. The van der Waals surface area contributed by atoms with E-state index >= 15 is 0 Å². The van der Waals surface area contributed by atoms with Crippen molar-refractivity contribution in [3.05, 3.63) is 0 Å². The number of carboxylic acid groups (broad SMARTS) is 3. The second-order valence-electron chi connectivity index (χ2n) is 2.00. The third-order valence-corrected chi connectivity index (χ3v) is 0.357. The van der Waals surface area contributed by atoms with Crippen LogP contribution in [0.5, 0.6) is 0 Å². The largest absolute Gasteiger partial charge is 2.00 e. The topological polar surface area (TPSA) is 138 Å². The minimum Gasteiger partial charge on any atom is -0.550 e. The normalized spacial score (nSPS) is 8.80. The summed E-state index contributed by atoms with van der Waals surface area (Å²) < 4.78 is 0. The van der Waals surface area contributed by atoms with Gasteiger partial charge in [-0.3, -0.25) is 0 Å². The molecule has 0 aromatic heterocycles. The number of carboxylic acids is 3. The van der Waals surface area contributed by atoms with Crippen molar-refractivity contribution in [1.82, 2.24) is 0 Å². The van der Waals surface area contributed by atoms with E-state index in [4.69, 9.17) is 30.0 Å². The summed E-state index contributed by atoms with van der Waals surface area (Å²) in [7, 11) is 0. The Morgan fingerprint density at radius 2 is 1.13 bits per heavy atom. The molecule has 0 spiro atoms. The van der Waals surface area contributed by atoms with Gasteiger partial charge in [-0.25, -0.2) is 4.79 Å². The Labute approximate surface area is 117 Å². The van der Waals surface area contributed by atoms with Crippen LogP contribution < -0.4 is 10.2 Å². The van der Waals surface area contributed by atoms with Crippen molar-refractivity contribution in [1.29, 1.82) is 0 Å². The first kappa shape index (κ1) is 24.1. The number of carbonyl (C=O) groups excluding carboxylic acids is 2. The summed E-state index contributed by atoms with van der Waals surface area (Å²) >= 11 is 0. The molecular formula is C7H12CaO7. The van der Waals surface area contributed by atoms with Crippen LogP contribution in [0.1, 0.15) is 20.8 Å². The molecule has 0 aliphatic rings. The first-order valence-corrected chi connectivity index (χ1v) is 3.37. The van der Waals surface area contributed by atoms with E-state index in [0.29, 0.717) is 0 Å². The fourth-order valence-corrected chi connectivity index (χ4v) is 0. The number of aliphatic hydroxyl groups is 1.